The van der Waals surface area contributed by atoms with Gasteiger partial charge in [0.15, 0.2) is 0 Å². The first kappa shape index (κ1) is 19.6. The third kappa shape index (κ3) is 5.63. The van der Waals surface area contributed by atoms with Crippen LogP contribution in [0.1, 0.15) is 33.6 Å². The summed E-state index contributed by atoms with van der Waals surface area (Å²) in [6, 6.07) is 6.79. The van der Waals surface area contributed by atoms with E-state index in [2.05, 4.69) is 6.92 Å². The van der Waals surface area contributed by atoms with Gasteiger partial charge in [0.1, 0.15) is 12.3 Å². The van der Waals surface area contributed by atoms with Crippen molar-refractivity contribution in [2.75, 3.05) is 30.2 Å². The molecule has 6 nitrogen and oxygen atoms in total. The summed E-state index contributed by atoms with van der Waals surface area (Å²) in [5, 5.41) is 0. The second-order valence-electron chi connectivity index (χ2n) is 6.99. The van der Waals surface area contributed by atoms with Crippen molar-refractivity contribution in [1.29, 1.82) is 0 Å². The highest BCUT2D eigenvalue weighted by Gasteiger charge is 2.26. The van der Waals surface area contributed by atoms with Crippen LogP contribution in [0.15, 0.2) is 24.3 Å². The monoisotopic (exact) mass is 368 g/mol. The topological polar surface area (TPSA) is 66.9 Å². The average molecular weight is 368 g/mol. The van der Waals surface area contributed by atoms with E-state index < -0.39 is 10.0 Å². The van der Waals surface area contributed by atoms with Crippen molar-refractivity contribution in [1.82, 2.24) is 4.90 Å². The van der Waals surface area contributed by atoms with Gasteiger partial charge in [-0.05, 0) is 56.9 Å². The van der Waals surface area contributed by atoms with Crippen LogP contribution in [-0.2, 0) is 14.8 Å². The maximum atomic E-state index is 12.5. The van der Waals surface area contributed by atoms with Crippen molar-refractivity contribution in [2.24, 2.45) is 5.92 Å². The molecular weight excluding hydrogens is 340 g/mol. The first-order valence-corrected chi connectivity index (χ1v) is 10.5. The zero-order valence-corrected chi connectivity index (χ0v) is 16.3. The van der Waals surface area contributed by atoms with Crippen molar-refractivity contribution in [2.45, 2.75) is 39.7 Å². The number of ether oxygens (including phenoxy) is 1. The van der Waals surface area contributed by atoms with E-state index in [1.807, 2.05) is 13.8 Å². The number of likely N-dealkylation sites (tertiary alicyclic amines) is 1. The second kappa shape index (κ2) is 8.08. The van der Waals surface area contributed by atoms with Crippen LogP contribution in [0.5, 0.6) is 5.75 Å². The van der Waals surface area contributed by atoms with Crippen molar-refractivity contribution in [3.8, 4) is 5.75 Å². The fourth-order valence-corrected chi connectivity index (χ4v) is 3.69. The molecule has 7 heteroatoms. The number of hydrogen-bond donors (Lipinski definition) is 0. The molecule has 2 rings (SSSR count). The van der Waals surface area contributed by atoms with E-state index in [9.17, 15) is 13.2 Å². The molecule has 1 fully saturated rings. The Balaban J connectivity index is 2.12. The van der Waals surface area contributed by atoms with Gasteiger partial charge in [-0.1, -0.05) is 6.92 Å². The Labute approximate surface area is 150 Å². The minimum atomic E-state index is -3.55. The molecule has 0 N–H and O–H groups in total. The summed E-state index contributed by atoms with van der Waals surface area (Å²) in [4.78, 5) is 14.3. The zero-order chi connectivity index (χ0) is 18.6. The molecule has 0 saturated carbocycles. The first-order valence-electron chi connectivity index (χ1n) is 8.69. The van der Waals surface area contributed by atoms with Gasteiger partial charge in [0, 0.05) is 13.1 Å². The molecule has 0 bridgehead atoms. The van der Waals surface area contributed by atoms with Crippen LogP contribution >= 0.6 is 0 Å². The molecule has 0 aliphatic carbocycles. The summed E-state index contributed by atoms with van der Waals surface area (Å²) >= 11 is 0. The van der Waals surface area contributed by atoms with Gasteiger partial charge in [-0.25, -0.2) is 8.42 Å². The summed E-state index contributed by atoms with van der Waals surface area (Å²) in [6.07, 6.45) is 3.09. The number of nitrogens with zero attached hydrogens (tertiary/aromatic N) is 2. The molecule has 1 aliphatic heterocycles. The van der Waals surface area contributed by atoms with E-state index in [0.29, 0.717) is 30.4 Å². The largest absolute Gasteiger partial charge is 0.491 e. The van der Waals surface area contributed by atoms with Crippen molar-refractivity contribution < 1.29 is 17.9 Å². The number of carbonyl (C=O) groups excluding carboxylic acids is 1. The Morgan fingerprint density at radius 1 is 1.24 bits per heavy atom. The van der Waals surface area contributed by atoms with E-state index in [4.69, 9.17) is 4.74 Å². The Hall–Kier alpha value is -1.76. The molecule has 1 saturated heterocycles. The van der Waals surface area contributed by atoms with Crippen LogP contribution in [0.3, 0.4) is 0 Å². The van der Waals surface area contributed by atoms with Crippen LogP contribution < -0.4 is 9.04 Å². The lowest BCUT2D eigenvalue weighted by Crippen LogP contribution is -2.45. The highest BCUT2D eigenvalue weighted by molar-refractivity contribution is 7.92. The number of amides is 1. The van der Waals surface area contributed by atoms with Gasteiger partial charge in [-0.15, -0.1) is 0 Å². The molecule has 0 aromatic heterocycles. The number of piperidine rings is 1. The van der Waals surface area contributed by atoms with Crippen molar-refractivity contribution in [3.63, 3.8) is 0 Å². The SMILES string of the molecule is CC1CCN(C(=O)CN(c2ccc(OC(C)C)cc2)S(C)(=O)=O)CC1. The Kier molecular flexibility index (Phi) is 6.32. The molecule has 1 aromatic rings. The standard InChI is InChI=1S/C18H28N2O4S/c1-14(2)24-17-7-5-16(6-8-17)20(25(4,22)23)13-18(21)19-11-9-15(3)10-12-19/h5-8,14-15H,9-13H2,1-4H3. The van der Waals surface area contributed by atoms with E-state index in [1.165, 1.54) is 0 Å². The number of carbonyl (C=O) groups is 1. The molecule has 0 spiro atoms. The van der Waals surface area contributed by atoms with Gasteiger partial charge in [0.25, 0.3) is 0 Å². The lowest BCUT2D eigenvalue weighted by molar-refractivity contribution is -0.130. The summed E-state index contributed by atoms with van der Waals surface area (Å²) in [7, 11) is -3.55. The molecule has 1 heterocycles. The van der Waals surface area contributed by atoms with Gasteiger partial charge in [-0.2, -0.15) is 0 Å². The average Bonchev–Trinajstić information content (AvgIpc) is 2.52. The molecule has 0 unspecified atom stereocenters. The number of rotatable bonds is 6. The van der Waals surface area contributed by atoms with Crippen molar-refractivity contribution >= 4 is 21.6 Å². The third-order valence-corrected chi connectivity index (χ3v) is 5.45. The van der Waals surface area contributed by atoms with Crippen LogP contribution in [0, 0.1) is 5.92 Å². The molecule has 1 aromatic carbocycles. The van der Waals surface area contributed by atoms with Crippen molar-refractivity contribution in [3.05, 3.63) is 24.3 Å². The Morgan fingerprint density at radius 3 is 2.28 bits per heavy atom. The quantitative estimate of drug-likeness (QED) is 0.774. The normalized spacial score (nSPS) is 16.1. The highest BCUT2D eigenvalue weighted by Crippen LogP contribution is 2.23. The fourth-order valence-electron chi connectivity index (χ4n) is 2.84. The van der Waals surface area contributed by atoms with Gasteiger partial charge < -0.3 is 9.64 Å². The first-order chi connectivity index (χ1) is 11.7. The molecule has 0 radical (unpaired) electrons. The van der Waals surface area contributed by atoms with E-state index in [1.54, 1.807) is 29.2 Å². The molecular formula is C18H28N2O4S. The third-order valence-electron chi connectivity index (χ3n) is 4.31. The van der Waals surface area contributed by atoms with E-state index >= 15 is 0 Å². The van der Waals surface area contributed by atoms with Crippen LogP contribution in [0.25, 0.3) is 0 Å². The number of sulfonamides is 1. The minimum Gasteiger partial charge on any atom is -0.491 e. The molecule has 1 amide bonds. The van der Waals surface area contributed by atoms with Crippen LogP contribution in [0.2, 0.25) is 0 Å². The Bertz CT molecular complexity index is 678. The predicted octanol–water partition coefficient (Wildman–Crippen LogP) is 2.50. The van der Waals surface area contributed by atoms with E-state index in [0.717, 1.165) is 23.4 Å². The van der Waals surface area contributed by atoms with Gasteiger partial charge in [-0.3, -0.25) is 9.10 Å². The molecule has 140 valence electrons. The van der Waals surface area contributed by atoms with Gasteiger partial charge >= 0.3 is 0 Å². The molecule has 25 heavy (non-hydrogen) atoms. The smallest absolute Gasteiger partial charge is 0.243 e. The summed E-state index contributed by atoms with van der Waals surface area (Å²) in [5.74, 6) is 1.13. The zero-order valence-electron chi connectivity index (χ0n) is 15.4. The minimum absolute atomic E-state index is 0.0416. The Morgan fingerprint density at radius 2 is 1.80 bits per heavy atom. The van der Waals surface area contributed by atoms with E-state index in [-0.39, 0.29) is 18.6 Å². The number of benzene rings is 1. The predicted molar refractivity (Wildman–Crippen MR) is 99.4 cm³/mol. The van der Waals surface area contributed by atoms with Gasteiger partial charge in [0.2, 0.25) is 15.9 Å². The lowest BCUT2D eigenvalue weighted by Gasteiger charge is -2.32. The van der Waals surface area contributed by atoms with Gasteiger partial charge in [0.05, 0.1) is 18.0 Å². The summed E-state index contributed by atoms with van der Waals surface area (Å²) < 4.78 is 31.1. The summed E-state index contributed by atoms with van der Waals surface area (Å²) in [5.41, 5.74) is 0.470. The van der Waals surface area contributed by atoms with Crippen LogP contribution in [-0.4, -0.2) is 51.2 Å². The van der Waals surface area contributed by atoms with Crippen LogP contribution in [0.4, 0.5) is 5.69 Å². The number of anilines is 1. The maximum Gasteiger partial charge on any atom is 0.243 e. The second-order valence-corrected chi connectivity index (χ2v) is 8.90. The maximum absolute atomic E-state index is 12.5. The molecule has 1 aliphatic rings. The molecule has 0 atom stereocenters. The highest BCUT2D eigenvalue weighted by atomic mass is 32.2. The lowest BCUT2D eigenvalue weighted by atomic mass is 9.99. The summed E-state index contributed by atoms with van der Waals surface area (Å²) in [6.45, 7) is 7.24. The fraction of sp³-hybridized carbons (Fsp3) is 0.611. The number of hydrogen-bond acceptors (Lipinski definition) is 4.